The van der Waals surface area contributed by atoms with Gasteiger partial charge < -0.3 is 9.64 Å². The second-order valence-corrected chi connectivity index (χ2v) is 7.47. The number of benzene rings is 2. The van der Waals surface area contributed by atoms with Crippen molar-refractivity contribution in [2.24, 2.45) is 0 Å². The van der Waals surface area contributed by atoms with E-state index in [1.165, 1.54) is 16.2 Å². The highest BCUT2D eigenvalue weighted by Crippen LogP contribution is 2.19. The molecule has 0 unspecified atom stereocenters. The highest BCUT2D eigenvalue weighted by atomic mass is 32.2. The topological polar surface area (TPSA) is 59.5 Å². The largest absolute Gasteiger partial charge is 0.452 e. The molecule has 0 fully saturated rings. The molecule has 0 aliphatic heterocycles. The van der Waals surface area contributed by atoms with Gasteiger partial charge in [-0.3, -0.25) is 4.79 Å². The molecule has 3 aromatic rings. The van der Waals surface area contributed by atoms with Gasteiger partial charge >= 0.3 is 5.97 Å². The molecule has 0 aliphatic carbocycles. The second-order valence-electron chi connectivity index (χ2n) is 5.71. The fourth-order valence-electron chi connectivity index (χ4n) is 2.40. The third-order valence-electron chi connectivity index (χ3n) is 3.90. The Bertz CT molecular complexity index is 922. The van der Waals surface area contributed by atoms with E-state index in [0.29, 0.717) is 12.1 Å². The van der Waals surface area contributed by atoms with Gasteiger partial charge in [0.25, 0.3) is 5.91 Å². The zero-order chi connectivity index (χ0) is 18.5. The van der Waals surface area contributed by atoms with E-state index >= 15 is 0 Å². The summed E-state index contributed by atoms with van der Waals surface area (Å²) < 4.78 is 6.07. The van der Waals surface area contributed by atoms with Gasteiger partial charge in [-0.25, -0.2) is 9.78 Å². The van der Waals surface area contributed by atoms with Gasteiger partial charge in [-0.1, -0.05) is 12.1 Å². The second kappa shape index (κ2) is 8.33. The predicted octanol–water partition coefficient (Wildman–Crippen LogP) is 3.83. The van der Waals surface area contributed by atoms with Crippen LogP contribution >= 0.6 is 23.1 Å². The van der Waals surface area contributed by atoms with Crippen molar-refractivity contribution in [3.8, 4) is 0 Å². The fourth-order valence-corrected chi connectivity index (χ4v) is 3.52. The van der Waals surface area contributed by atoms with Crippen LogP contribution in [0.3, 0.4) is 0 Å². The molecule has 1 amide bonds. The lowest BCUT2D eigenvalue weighted by atomic mass is 10.2. The van der Waals surface area contributed by atoms with Gasteiger partial charge in [0.2, 0.25) is 0 Å². The van der Waals surface area contributed by atoms with Crippen LogP contribution in [0.5, 0.6) is 0 Å². The predicted molar refractivity (Wildman–Crippen MR) is 105 cm³/mol. The molecule has 0 aliphatic rings. The number of likely N-dealkylation sites (N-methyl/N-ethyl adjacent to an activating group) is 1. The Hall–Kier alpha value is -2.38. The monoisotopic (exact) mass is 386 g/mol. The number of thiazole rings is 1. The van der Waals surface area contributed by atoms with E-state index < -0.39 is 5.97 Å². The van der Waals surface area contributed by atoms with Crippen molar-refractivity contribution in [3.63, 3.8) is 0 Å². The highest BCUT2D eigenvalue weighted by Gasteiger charge is 2.14. The Balaban J connectivity index is 1.54. The number of amides is 1. The first-order valence-electron chi connectivity index (χ1n) is 7.94. The first-order valence-corrected chi connectivity index (χ1v) is 10.0. The fraction of sp³-hybridized carbons (Fsp3) is 0.211. The smallest absolute Gasteiger partial charge is 0.338 e. The minimum Gasteiger partial charge on any atom is -0.452 e. The lowest BCUT2D eigenvalue weighted by Crippen LogP contribution is -2.30. The van der Waals surface area contributed by atoms with Crippen molar-refractivity contribution in [2.75, 3.05) is 19.9 Å². The number of ether oxygens (including phenoxy) is 1. The molecule has 0 radical (unpaired) electrons. The minimum absolute atomic E-state index is 0.244. The number of rotatable bonds is 6. The Morgan fingerprint density at radius 1 is 1.19 bits per heavy atom. The Morgan fingerprint density at radius 2 is 1.96 bits per heavy atom. The average molecular weight is 386 g/mol. The van der Waals surface area contributed by atoms with Crippen LogP contribution in [0.25, 0.3) is 10.2 Å². The number of hydrogen-bond acceptors (Lipinski definition) is 6. The van der Waals surface area contributed by atoms with Crippen molar-refractivity contribution < 1.29 is 14.3 Å². The number of carbonyl (C=O) groups is 2. The van der Waals surface area contributed by atoms with E-state index in [1.807, 2.05) is 30.5 Å². The van der Waals surface area contributed by atoms with Crippen LogP contribution in [-0.2, 0) is 16.1 Å². The van der Waals surface area contributed by atoms with Crippen LogP contribution in [0.4, 0.5) is 0 Å². The lowest BCUT2D eigenvalue weighted by Gasteiger charge is -2.17. The zero-order valence-electron chi connectivity index (χ0n) is 14.5. The first kappa shape index (κ1) is 18.4. The van der Waals surface area contributed by atoms with Crippen molar-refractivity contribution in [1.29, 1.82) is 0 Å². The number of nitrogens with zero attached hydrogens (tertiary/aromatic N) is 2. The van der Waals surface area contributed by atoms with Gasteiger partial charge in [0.1, 0.15) is 0 Å². The number of aromatic nitrogens is 1. The van der Waals surface area contributed by atoms with E-state index in [9.17, 15) is 9.59 Å². The van der Waals surface area contributed by atoms with E-state index in [1.54, 1.807) is 47.4 Å². The third kappa shape index (κ3) is 4.42. The Kier molecular flexibility index (Phi) is 5.90. The molecule has 0 bridgehead atoms. The summed E-state index contributed by atoms with van der Waals surface area (Å²) in [4.78, 5) is 31.3. The molecule has 0 saturated carbocycles. The molecule has 5 nitrogen and oxygen atoms in total. The molecular weight excluding hydrogens is 368 g/mol. The maximum Gasteiger partial charge on any atom is 0.338 e. The molecular formula is C19H18N2O3S2. The van der Waals surface area contributed by atoms with Crippen LogP contribution < -0.4 is 0 Å². The molecule has 0 atom stereocenters. The van der Waals surface area contributed by atoms with Gasteiger partial charge in [0, 0.05) is 18.5 Å². The number of fused-ring (bicyclic) bond motifs is 1. The summed E-state index contributed by atoms with van der Waals surface area (Å²) in [5.41, 5.74) is 4.02. The van der Waals surface area contributed by atoms with E-state index in [0.717, 1.165) is 15.8 Å². The molecule has 0 saturated heterocycles. The van der Waals surface area contributed by atoms with Gasteiger partial charge in [0.05, 0.1) is 21.3 Å². The van der Waals surface area contributed by atoms with E-state index in [-0.39, 0.29) is 12.5 Å². The van der Waals surface area contributed by atoms with Crippen molar-refractivity contribution in [1.82, 2.24) is 9.88 Å². The van der Waals surface area contributed by atoms with E-state index in [4.69, 9.17) is 4.74 Å². The van der Waals surface area contributed by atoms with Crippen molar-refractivity contribution in [3.05, 3.63) is 59.1 Å². The maximum absolute atomic E-state index is 12.2. The van der Waals surface area contributed by atoms with Gasteiger partial charge in [-0.05, 0) is 42.2 Å². The summed E-state index contributed by atoms with van der Waals surface area (Å²) in [5.74, 6) is -0.752. The number of carbonyl (C=O) groups excluding carboxylic acids is 2. The number of thioether (sulfide) groups is 1. The van der Waals surface area contributed by atoms with Crippen LogP contribution in [0.15, 0.2) is 52.9 Å². The molecule has 0 spiro atoms. The summed E-state index contributed by atoms with van der Waals surface area (Å²) >= 11 is 3.13. The number of esters is 1. The zero-order valence-corrected chi connectivity index (χ0v) is 16.1. The summed E-state index contributed by atoms with van der Waals surface area (Å²) in [6.07, 6.45) is 2.02. The summed E-state index contributed by atoms with van der Waals surface area (Å²) in [7, 11) is 1.70. The lowest BCUT2D eigenvalue weighted by molar-refractivity contribution is -0.133. The molecule has 1 aromatic heterocycles. The van der Waals surface area contributed by atoms with Crippen molar-refractivity contribution in [2.45, 2.75) is 11.4 Å². The van der Waals surface area contributed by atoms with Gasteiger partial charge in [0.15, 0.2) is 6.61 Å². The summed E-state index contributed by atoms with van der Waals surface area (Å²) in [6.45, 7) is 0.191. The molecule has 1 heterocycles. The molecule has 3 rings (SSSR count). The molecule has 134 valence electrons. The maximum atomic E-state index is 12.2. The quantitative estimate of drug-likeness (QED) is 0.476. The molecule has 26 heavy (non-hydrogen) atoms. The SMILES string of the molecule is CSc1ccc(CN(C)C(=O)COC(=O)c2ccc3ncsc3c2)cc1. The number of hydrogen-bond donors (Lipinski definition) is 0. The van der Waals surface area contributed by atoms with E-state index in [2.05, 4.69) is 4.98 Å². The van der Waals surface area contributed by atoms with Crippen LogP contribution in [0.2, 0.25) is 0 Å². The van der Waals surface area contributed by atoms with Gasteiger partial charge in [-0.15, -0.1) is 23.1 Å². The minimum atomic E-state index is -0.508. The van der Waals surface area contributed by atoms with Crippen molar-refractivity contribution >= 4 is 45.2 Å². The van der Waals surface area contributed by atoms with Crippen LogP contribution in [0.1, 0.15) is 15.9 Å². The highest BCUT2D eigenvalue weighted by molar-refractivity contribution is 7.98. The third-order valence-corrected chi connectivity index (χ3v) is 5.43. The Morgan fingerprint density at radius 3 is 2.69 bits per heavy atom. The normalized spacial score (nSPS) is 10.7. The molecule has 0 N–H and O–H groups in total. The van der Waals surface area contributed by atoms with Gasteiger partial charge in [-0.2, -0.15) is 0 Å². The summed E-state index contributed by atoms with van der Waals surface area (Å²) in [5, 5.41) is 0. The first-order chi connectivity index (χ1) is 12.6. The van der Waals surface area contributed by atoms with Crippen LogP contribution in [-0.4, -0.2) is 41.7 Å². The average Bonchev–Trinajstić information content (AvgIpc) is 3.14. The standard InChI is InChI=1S/C19H18N2O3S2/c1-21(10-13-3-6-15(25-2)7-4-13)18(22)11-24-19(23)14-5-8-16-17(9-14)26-12-20-16/h3-9,12H,10-11H2,1-2H3. The summed E-state index contributed by atoms with van der Waals surface area (Å²) in [6, 6.07) is 13.2. The Labute approximate surface area is 160 Å². The molecule has 2 aromatic carbocycles. The van der Waals surface area contributed by atoms with Crippen LogP contribution in [0, 0.1) is 0 Å². The molecule has 7 heteroatoms.